The molecule has 0 saturated carbocycles. The highest BCUT2D eigenvalue weighted by Gasteiger charge is 2.16. The van der Waals surface area contributed by atoms with Crippen molar-refractivity contribution in [3.8, 4) is 23.0 Å². The zero-order valence-corrected chi connectivity index (χ0v) is 14.9. The van der Waals surface area contributed by atoms with Crippen molar-refractivity contribution in [2.24, 2.45) is 0 Å². The third kappa shape index (κ3) is 4.79. The number of rotatable bonds is 8. The van der Waals surface area contributed by atoms with Crippen molar-refractivity contribution < 1.29 is 23.7 Å². The summed E-state index contributed by atoms with van der Waals surface area (Å²) in [5.74, 6) is 2.23. The van der Waals surface area contributed by atoms with E-state index in [0.717, 1.165) is 5.56 Å². The summed E-state index contributed by atoms with van der Waals surface area (Å²) in [7, 11) is 4.74. The van der Waals surface area contributed by atoms with Gasteiger partial charge in [-0.05, 0) is 37.3 Å². The number of para-hydroxylation sites is 2. The van der Waals surface area contributed by atoms with Crippen LogP contribution in [0.3, 0.4) is 0 Å². The molecule has 0 aromatic heterocycles. The molecule has 2 rings (SSSR count). The summed E-state index contributed by atoms with van der Waals surface area (Å²) >= 11 is 0. The minimum atomic E-state index is -0.265. The Labute approximate surface area is 147 Å². The molecule has 1 N–H and O–H groups in total. The van der Waals surface area contributed by atoms with Crippen molar-refractivity contribution in [1.82, 2.24) is 5.32 Å². The molecule has 0 radical (unpaired) electrons. The quantitative estimate of drug-likeness (QED) is 0.797. The zero-order chi connectivity index (χ0) is 18.2. The van der Waals surface area contributed by atoms with E-state index in [0.29, 0.717) is 23.0 Å². The topological polar surface area (TPSA) is 66.0 Å². The average Bonchev–Trinajstić information content (AvgIpc) is 2.65. The van der Waals surface area contributed by atoms with Crippen LogP contribution in [0.5, 0.6) is 23.0 Å². The summed E-state index contributed by atoms with van der Waals surface area (Å²) in [5, 5.41) is 2.89. The molecule has 6 nitrogen and oxygen atoms in total. The molecule has 1 atom stereocenters. The van der Waals surface area contributed by atoms with Gasteiger partial charge in [-0.1, -0.05) is 12.1 Å². The number of carbonyl (C=O) groups excluding carboxylic acids is 1. The second kappa shape index (κ2) is 8.82. The minimum Gasteiger partial charge on any atom is -0.497 e. The summed E-state index contributed by atoms with van der Waals surface area (Å²) in [6, 6.07) is 12.4. The maximum Gasteiger partial charge on any atom is 0.258 e. The van der Waals surface area contributed by atoms with Crippen LogP contribution in [-0.2, 0) is 4.79 Å². The molecule has 0 aliphatic rings. The molecule has 2 aromatic carbocycles. The van der Waals surface area contributed by atoms with E-state index in [9.17, 15) is 4.79 Å². The molecule has 0 unspecified atom stereocenters. The van der Waals surface area contributed by atoms with E-state index in [1.165, 1.54) is 0 Å². The van der Waals surface area contributed by atoms with E-state index in [1.54, 1.807) is 33.5 Å². The standard InChI is InChI=1S/C19H23NO5/c1-13(15-11-14(22-2)9-10-16(15)23-3)20-19(21)12-25-18-8-6-5-7-17(18)24-4/h5-11,13H,12H2,1-4H3,(H,20,21)/t13-/m0/s1. The third-order valence-electron chi connectivity index (χ3n) is 3.71. The first-order valence-corrected chi connectivity index (χ1v) is 7.86. The van der Waals surface area contributed by atoms with Crippen LogP contribution in [0.2, 0.25) is 0 Å². The van der Waals surface area contributed by atoms with Gasteiger partial charge in [-0.15, -0.1) is 0 Å². The van der Waals surface area contributed by atoms with Crippen LogP contribution in [0, 0.1) is 0 Å². The van der Waals surface area contributed by atoms with Crippen LogP contribution in [-0.4, -0.2) is 33.8 Å². The fourth-order valence-corrected chi connectivity index (χ4v) is 2.42. The summed E-state index contributed by atoms with van der Waals surface area (Å²) in [5.41, 5.74) is 0.826. The van der Waals surface area contributed by atoms with E-state index in [-0.39, 0.29) is 18.6 Å². The summed E-state index contributed by atoms with van der Waals surface area (Å²) in [6.07, 6.45) is 0. The Kier molecular flexibility index (Phi) is 6.51. The molecule has 0 heterocycles. The first kappa shape index (κ1) is 18.4. The highest BCUT2D eigenvalue weighted by Crippen LogP contribution is 2.29. The lowest BCUT2D eigenvalue weighted by atomic mass is 10.1. The van der Waals surface area contributed by atoms with Crippen molar-refractivity contribution >= 4 is 5.91 Å². The number of amides is 1. The van der Waals surface area contributed by atoms with Crippen LogP contribution in [0.4, 0.5) is 0 Å². The molecule has 0 fully saturated rings. The van der Waals surface area contributed by atoms with E-state index < -0.39 is 0 Å². The van der Waals surface area contributed by atoms with Gasteiger partial charge in [0, 0.05) is 5.56 Å². The van der Waals surface area contributed by atoms with Gasteiger partial charge in [-0.25, -0.2) is 0 Å². The molecule has 25 heavy (non-hydrogen) atoms. The van der Waals surface area contributed by atoms with Crippen LogP contribution in [0.1, 0.15) is 18.5 Å². The molecule has 0 spiro atoms. The van der Waals surface area contributed by atoms with Crippen LogP contribution in [0.25, 0.3) is 0 Å². The molecule has 0 aliphatic carbocycles. The second-order valence-electron chi connectivity index (χ2n) is 5.34. The number of methoxy groups -OCH3 is 3. The summed E-state index contributed by atoms with van der Waals surface area (Å²) in [6.45, 7) is 1.76. The van der Waals surface area contributed by atoms with E-state index in [1.807, 2.05) is 37.3 Å². The Hall–Kier alpha value is -2.89. The molecular formula is C19H23NO5. The summed E-state index contributed by atoms with van der Waals surface area (Å²) in [4.78, 5) is 12.2. The van der Waals surface area contributed by atoms with Gasteiger partial charge in [0.2, 0.25) is 0 Å². The van der Waals surface area contributed by atoms with Gasteiger partial charge in [0.05, 0.1) is 27.4 Å². The molecule has 2 aromatic rings. The van der Waals surface area contributed by atoms with Gasteiger partial charge in [-0.2, -0.15) is 0 Å². The van der Waals surface area contributed by atoms with Crippen molar-refractivity contribution in [2.45, 2.75) is 13.0 Å². The van der Waals surface area contributed by atoms with Gasteiger partial charge in [-0.3, -0.25) is 4.79 Å². The van der Waals surface area contributed by atoms with E-state index >= 15 is 0 Å². The minimum absolute atomic E-state index is 0.114. The summed E-state index contributed by atoms with van der Waals surface area (Å²) < 4.78 is 21.3. The predicted octanol–water partition coefficient (Wildman–Crippen LogP) is 2.97. The van der Waals surface area contributed by atoms with Gasteiger partial charge in [0.15, 0.2) is 18.1 Å². The highest BCUT2D eigenvalue weighted by atomic mass is 16.5. The number of benzene rings is 2. The number of nitrogens with one attached hydrogen (secondary N) is 1. The SMILES string of the molecule is COc1ccc(OC)c([C@H](C)NC(=O)COc2ccccc2OC)c1. The number of carbonyl (C=O) groups is 1. The Balaban J connectivity index is 2.00. The lowest BCUT2D eigenvalue weighted by Gasteiger charge is -2.18. The normalized spacial score (nSPS) is 11.4. The van der Waals surface area contributed by atoms with Gasteiger partial charge >= 0.3 is 0 Å². The fourth-order valence-electron chi connectivity index (χ4n) is 2.42. The zero-order valence-electron chi connectivity index (χ0n) is 14.9. The first-order chi connectivity index (χ1) is 12.1. The van der Waals surface area contributed by atoms with E-state index in [4.69, 9.17) is 18.9 Å². The van der Waals surface area contributed by atoms with Gasteiger partial charge < -0.3 is 24.3 Å². The van der Waals surface area contributed by atoms with Crippen LogP contribution >= 0.6 is 0 Å². The molecular weight excluding hydrogens is 322 g/mol. The Morgan fingerprint density at radius 2 is 1.64 bits per heavy atom. The third-order valence-corrected chi connectivity index (χ3v) is 3.71. The Morgan fingerprint density at radius 3 is 2.28 bits per heavy atom. The predicted molar refractivity (Wildman–Crippen MR) is 94.6 cm³/mol. The van der Waals surface area contributed by atoms with Crippen molar-refractivity contribution in [3.05, 3.63) is 48.0 Å². The molecule has 0 bridgehead atoms. The second-order valence-corrected chi connectivity index (χ2v) is 5.34. The van der Waals surface area contributed by atoms with E-state index in [2.05, 4.69) is 5.32 Å². The van der Waals surface area contributed by atoms with Gasteiger partial charge in [0.25, 0.3) is 5.91 Å². The molecule has 6 heteroatoms. The average molecular weight is 345 g/mol. The lowest BCUT2D eigenvalue weighted by molar-refractivity contribution is -0.123. The monoisotopic (exact) mass is 345 g/mol. The number of hydrogen-bond acceptors (Lipinski definition) is 5. The Morgan fingerprint density at radius 1 is 0.960 bits per heavy atom. The molecule has 0 aliphatic heterocycles. The van der Waals surface area contributed by atoms with Gasteiger partial charge in [0.1, 0.15) is 11.5 Å². The molecule has 1 amide bonds. The lowest BCUT2D eigenvalue weighted by Crippen LogP contribution is -2.31. The largest absolute Gasteiger partial charge is 0.497 e. The highest BCUT2D eigenvalue weighted by molar-refractivity contribution is 5.78. The van der Waals surface area contributed by atoms with Crippen LogP contribution < -0.4 is 24.3 Å². The van der Waals surface area contributed by atoms with Crippen LogP contribution in [0.15, 0.2) is 42.5 Å². The van der Waals surface area contributed by atoms with Crippen molar-refractivity contribution in [2.75, 3.05) is 27.9 Å². The maximum atomic E-state index is 12.2. The van der Waals surface area contributed by atoms with Crippen molar-refractivity contribution in [1.29, 1.82) is 0 Å². The van der Waals surface area contributed by atoms with Crippen molar-refractivity contribution in [3.63, 3.8) is 0 Å². The molecule has 0 saturated heterocycles. The number of ether oxygens (including phenoxy) is 4. The first-order valence-electron chi connectivity index (χ1n) is 7.86. The smallest absolute Gasteiger partial charge is 0.258 e. The Bertz CT molecular complexity index is 717. The fraction of sp³-hybridized carbons (Fsp3) is 0.316. The molecule has 134 valence electrons. The number of hydrogen-bond donors (Lipinski definition) is 1. The maximum absolute atomic E-state index is 12.2.